The van der Waals surface area contributed by atoms with Gasteiger partial charge in [-0.3, -0.25) is 9.59 Å². The molecule has 0 saturated carbocycles. The van der Waals surface area contributed by atoms with Crippen molar-refractivity contribution in [2.75, 3.05) is 31.6 Å². The number of thioether (sulfide) groups is 1. The summed E-state index contributed by atoms with van der Waals surface area (Å²) >= 11 is 7.67. The number of halogens is 1. The molecule has 4 nitrogen and oxygen atoms in total. The predicted molar refractivity (Wildman–Crippen MR) is 100 cm³/mol. The fourth-order valence-electron chi connectivity index (χ4n) is 2.83. The minimum absolute atomic E-state index is 0.0813. The third-order valence-electron chi connectivity index (χ3n) is 4.28. The van der Waals surface area contributed by atoms with Gasteiger partial charge >= 0.3 is 0 Å². The van der Waals surface area contributed by atoms with Gasteiger partial charge in [0.25, 0.3) is 0 Å². The van der Waals surface area contributed by atoms with E-state index in [1.807, 2.05) is 29.2 Å². The lowest BCUT2D eigenvalue weighted by Gasteiger charge is -2.32. The van der Waals surface area contributed by atoms with Crippen molar-refractivity contribution in [1.29, 1.82) is 0 Å². The average Bonchev–Trinajstić information content (AvgIpc) is 2.59. The van der Waals surface area contributed by atoms with E-state index in [4.69, 9.17) is 11.6 Å². The lowest BCUT2D eigenvalue weighted by atomic mass is 9.96. The number of likely N-dealkylation sites (tertiary alicyclic amines) is 1. The number of nitrogens with zero attached hydrogens (tertiary/aromatic N) is 1. The molecule has 24 heavy (non-hydrogen) atoms. The molecule has 1 aliphatic heterocycles. The highest BCUT2D eigenvalue weighted by atomic mass is 35.5. The van der Waals surface area contributed by atoms with Crippen LogP contribution in [-0.4, -0.2) is 48.4 Å². The van der Waals surface area contributed by atoms with E-state index in [2.05, 4.69) is 11.6 Å². The van der Waals surface area contributed by atoms with Gasteiger partial charge in [-0.15, -0.1) is 0 Å². The third-order valence-corrected chi connectivity index (χ3v) is 5.23. The Bertz CT molecular complexity index is 550. The quantitative estimate of drug-likeness (QED) is 0.717. The first-order valence-corrected chi connectivity index (χ1v) is 10.2. The minimum Gasteiger partial charge on any atom is -0.356 e. The van der Waals surface area contributed by atoms with Crippen molar-refractivity contribution in [1.82, 2.24) is 10.2 Å². The number of hydrogen-bond acceptors (Lipinski definition) is 3. The monoisotopic (exact) mass is 368 g/mol. The second kappa shape index (κ2) is 9.94. The van der Waals surface area contributed by atoms with E-state index in [9.17, 15) is 9.59 Å². The van der Waals surface area contributed by atoms with Crippen molar-refractivity contribution in [3.8, 4) is 0 Å². The maximum Gasteiger partial charge on any atom is 0.224 e. The highest BCUT2D eigenvalue weighted by molar-refractivity contribution is 7.98. The number of carbonyl (C=O) groups is 2. The Kier molecular flexibility index (Phi) is 7.92. The fourth-order valence-corrected chi connectivity index (χ4v) is 3.39. The van der Waals surface area contributed by atoms with Crippen LogP contribution in [0.15, 0.2) is 24.3 Å². The number of piperidine rings is 1. The van der Waals surface area contributed by atoms with Crippen LogP contribution in [0.2, 0.25) is 5.02 Å². The Hall–Kier alpha value is -1.20. The summed E-state index contributed by atoms with van der Waals surface area (Å²) in [5.74, 6) is 1.20. The molecule has 0 bridgehead atoms. The molecule has 2 amide bonds. The van der Waals surface area contributed by atoms with Crippen LogP contribution < -0.4 is 5.32 Å². The summed E-state index contributed by atoms with van der Waals surface area (Å²) in [5, 5.41) is 3.71. The minimum atomic E-state index is -0.0813. The van der Waals surface area contributed by atoms with Gasteiger partial charge < -0.3 is 10.2 Å². The van der Waals surface area contributed by atoms with E-state index < -0.39 is 0 Å². The summed E-state index contributed by atoms with van der Waals surface area (Å²) < 4.78 is 0. The van der Waals surface area contributed by atoms with Gasteiger partial charge in [-0.25, -0.2) is 0 Å². The first-order chi connectivity index (χ1) is 11.6. The largest absolute Gasteiger partial charge is 0.356 e. The zero-order chi connectivity index (χ0) is 17.4. The third kappa shape index (κ3) is 6.02. The van der Waals surface area contributed by atoms with Crippen molar-refractivity contribution < 1.29 is 9.59 Å². The van der Waals surface area contributed by atoms with Crippen LogP contribution in [0.25, 0.3) is 0 Å². The number of rotatable bonds is 8. The van der Waals surface area contributed by atoms with Crippen molar-refractivity contribution in [2.24, 2.45) is 5.92 Å². The molecule has 1 unspecified atom stereocenters. The molecule has 2 rings (SSSR count). The van der Waals surface area contributed by atoms with Crippen molar-refractivity contribution in [2.45, 2.75) is 25.7 Å². The zero-order valence-electron chi connectivity index (χ0n) is 14.1. The Morgan fingerprint density at radius 1 is 1.38 bits per heavy atom. The second-order valence-electron chi connectivity index (χ2n) is 6.09. The van der Waals surface area contributed by atoms with Gasteiger partial charge in [0.2, 0.25) is 11.8 Å². The molecule has 1 heterocycles. The van der Waals surface area contributed by atoms with E-state index in [1.54, 1.807) is 11.8 Å². The first kappa shape index (κ1) is 19.1. The number of amides is 2. The molecule has 1 saturated heterocycles. The Labute approximate surface area is 153 Å². The topological polar surface area (TPSA) is 49.4 Å². The van der Waals surface area contributed by atoms with E-state index in [1.165, 1.54) is 0 Å². The molecule has 1 atom stereocenters. The Balaban J connectivity index is 1.80. The lowest BCUT2D eigenvalue weighted by Crippen LogP contribution is -2.46. The van der Waals surface area contributed by atoms with Gasteiger partial charge in [0.15, 0.2) is 0 Å². The predicted octanol–water partition coefficient (Wildman–Crippen LogP) is 2.99. The number of hydrogen-bond donors (Lipinski definition) is 1. The first-order valence-electron chi connectivity index (χ1n) is 8.39. The molecule has 1 N–H and O–H groups in total. The summed E-state index contributed by atoms with van der Waals surface area (Å²) in [5.41, 5.74) is 1.15. The molecule has 1 aliphatic rings. The van der Waals surface area contributed by atoms with Crippen LogP contribution in [-0.2, 0) is 16.0 Å². The number of nitrogens with one attached hydrogen (secondary N) is 1. The molecule has 1 fully saturated rings. The highest BCUT2D eigenvalue weighted by Gasteiger charge is 2.29. The summed E-state index contributed by atoms with van der Waals surface area (Å²) in [6, 6.07) is 7.68. The molecule has 132 valence electrons. The van der Waals surface area contributed by atoms with Gasteiger partial charge in [0, 0.05) is 31.1 Å². The van der Waals surface area contributed by atoms with Crippen molar-refractivity contribution in [3.05, 3.63) is 34.9 Å². The number of carbonyl (C=O) groups excluding carboxylic acids is 2. The summed E-state index contributed by atoms with van der Waals surface area (Å²) in [6.07, 6.45) is 4.95. The van der Waals surface area contributed by atoms with E-state index >= 15 is 0 Å². The van der Waals surface area contributed by atoms with Gasteiger partial charge in [-0.1, -0.05) is 23.7 Å². The summed E-state index contributed by atoms with van der Waals surface area (Å²) in [4.78, 5) is 26.2. The van der Waals surface area contributed by atoms with Crippen LogP contribution in [0, 0.1) is 5.92 Å². The fraction of sp³-hybridized carbons (Fsp3) is 0.556. The van der Waals surface area contributed by atoms with Crippen molar-refractivity contribution in [3.63, 3.8) is 0 Å². The van der Waals surface area contributed by atoms with Crippen LogP contribution in [0.5, 0.6) is 0 Å². The van der Waals surface area contributed by atoms with Crippen LogP contribution in [0.3, 0.4) is 0 Å². The standard InChI is InChI=1S/C18H25ClN2O2S/c1-24-12-2-10-20-18(23)15-5-8-17(22)21(13-15)11-9-14-3-6-16(19)7-4-14/h3-4,6-7,15H,2,5,8-13H2,1H3,(H,20,23). The Morgan fingerprint density at radius 2 is 2.12 bits per heavy atom. The summed E-state index contributed by atoms with van der Waals surface area (Å²) in [6.45, 7) is 1.90. The molecule has 1 aromatic rings. The van der Waals surface area contributed by atoms with E-state index in [0.717, 1.165) is 30.7 Å². The number of benzene rings is 1. The van der Waals surface area contributed by atoms with Crippen molar-refractivity contribution >= 4 is 35.2 Å². The molecular formula is C18H25ClN2O2S. The van der Waals surface area contributed by atoms with Crippen LogP contribution >= 0.6 is 23.4 Å². The van der Waals surface area contributed by atoms with Crippen LogP contribution in [0.1, 0.15) is 24.8 Å². The highest BCUT2D eigenvalue weighted by Crippen LogP contribution is 2.19. The zero-order valence-corrected chi connectivity index (χ0v) is 15.7. The molecule has 0 spiro atoms. The van der Waals surface area contributed by atoms with Crippen LogP contribution in [0.4, 0.5) is 0 Å². The van der Waals surface area contributed by atoms with Gasteiger partial charge in [0.1, 0.15) is 0 Å². The molecular weight excluding hydrogens is 344 g/mol. The average molecular weight is 369 g/mol. The van der Waals surface area contributed by atoms with Gasteiger partial charge in [-0.2, -0.15) is 11.8 Å². The maximum absolute atomic E-state index is 12.3. The molecule has 0 radical (unpaired) electrons. The smallest absolute Gasteiger partial charge is 0.224 e. The molecule has 0 aromatic heterocycles. The lowest BCUT2D eigenvalue weighted by molar-refractivity contribution is -0.138. The maximum atomic E-state index is 12.3. The second-order valence-corrected chi connectivity index (χ2v) is 7.51. The van der Waals surface area contributed by atoms with E-state index in [0.29, 0.717) is 31.0 Å². The molecule has 6 heteroatoms. The SMILES string of the molecule is CSCCCNC(=O)C1CCC(=O)N(CCc2ccc(Cl)cc2)C1. The Morgan fingerprint density at radius 3 is 2.83 bits per heavy atom. The van der Waals surface area contributed by atoms with E-state index in [-0.39, 0.29) is 17.7 Å². The van der Waals surface area contributed by atoms with Gasteiger partial charge in [0.05, 0.1) is 5.92 Å². The normalized spacial score (nSPS) is 17.8. The molecule has 0 aliphatic carbocycles. The summed E-state index contributed by atoms with van der Waals surface area (Å²) in [7, 11) is 0. The van der Waals surface area contributed by atoms with Gasteiger partial charge in [-0.05, 0) is 49.0 Å². The molecule has 1 aromatic carbocycles.